The summed E-state index contributed by atoms with van der Waals surface area (Å²) in [6, 6.07) is 23.6. The molecule has 0 aliphatic rings. The predicted octanol–water partition coefficient (Wildman–Crippen LogP) is 4.65. The van der Waals surface area contributed by atoms with Crippen LogP contribution in [0.1, 0.15) is 15.9 Å². The molecule has 4 aromatic carbocycles. The number of hydrazone groups is 1. The third-order valence-corrected chi connectivity index (χ3v) is 5.60. The topological polar surface area (TPSA) is 107 Å². The van der Waals surface area contributed by atoms with Gasteiger partial charge >= 0.3 is 5.97 Å². The van der Waals surface area contributed by atoms with Crippen LogP contribution < -0.4 is 29.7 Å². The first-order valence-electron chi connectivity index (χ1n) is 11.7. The molecule has 0 aliphatic carbocycles. The smallest absolute Gasteiger partial charge is 0.343 e. The average Bonchev–Trinajstić information content (AvgIpc) is 2.95. The zero-order valence-corrected chi connectivity index (χ0v) is 21.2. The Morgan fingerprint density at radius 2 is 1.55 bits per heavy atom. The highest BCUT2D eigenvalue weighted by molar-refractivity contribution is 5.95. The monoisotopic (exact) mass is 513 g/mol. The molecule has 0 bridgehead atoms. The van der Waals surface area contributed by atoms with E-state index in [1.807, 2.05) is 42.5 Å². The number of hydrogen-bond acceptors (Lipinski definition) is 8. The molecule has 0 aromatic heterocycles. The highest BCUT2D eigenvalue weighted by atomic mass is 16.5. The number of rotatable bonds is 10. The molecular weight excluding hydrogens is 486 g/mol. The van der Waals surface area contributed by atoms with Crippen LogP contribution in [0.4, 0.5) is 5.69 Å². The maximum absolute atomic E-state index is 12.8. The minimum Gasteiger partial charge on any atom is -0.493 e. The Hall–Kier alpha value is -5.05. The van der Waals surface area contributed by atoms with Gasteiger partial charge in [0.15, 0.2) is 11.5 Å². The summed E-state index contributed by atoms with van der Waals surface area (Å²) in [6.07, 6.45) is 1.46. The Kier molecular flexibility index (Phi) is 8.40. The maximum Gasteiger partial charge on any atom is 0.343 e. The van der Waals surface area contributed by atoms with E-state index in [4.69, 9.17) is 18.9 Å². The number of anilines is 1. The average molecular weight is 514 g/mol. The molecule has 194 valence electrons. The SMILES string of the molecule is COc1cc(C(=O)Oc2cccc(/C=N\NC(=O)CNc3cccc4ccccc34)c2)cc(OC)c1OC. The van der Waals surface area contributed by atoms with Gasteiger partial charge in [0, 0.05) is 11.1 Å². The fraction of sp³-hybridized carbons (Fsp3) is 0.138. The van der Waals surface area contributed by atoms with Crippen molar-refractivity contribution in [1.29, 1.82) is 0 Å². The predicted molar refractivity (Wildman–Crippen MR) is 146 cm³/mol. The van der Waals surface area contributed by atoms with E-state index < -0.39 is 5.97 Å². The molecule has 38 heavy (non-hydrogen) atoms. The Bertz CT molecular complexity index is 1450. The van der Waals surface area contributed by atoms with Crippen LogP contribution in [0.3, 0.4) is 0 Å². The van der Waals surface area contributed by atoms with E-state index in [1.165, 1.54) is 39.7 Å². The lowest BCUT2D eigenvalue weighted by molar-refractivity contribution is -0.119. The normalized spacial score (nSPS) is 10.7. The summed E-state index contributed by atoms with van der Waals surface area (Å²) in [7, 11) is 4.41. The molecule has 0 fully saturated rings. The largest absolute Gasteiger partial charge is 0.493 e. The summed E-state index contributed by atoms with van der Waals surface area (Å²) in [5.74, 6) is 0.442. The second-order valence-electron chi connectivity index (χ2n) is 8.05. The van der Waals surface area contributed by atoms with Gasteiger partial charge in [-0.1, -0.05) is 48.5 Å². The van der Waals surface area contributed by atoms with Crippen molar-refractivity contribution < 1.29 is 28.5 Å². The van der Waals surface area contributed by atoms with Crippen LogP contribution in [-0.4, -0.2) is 46.0 Å². The fourth-order valence-corrected chi connectivity index (χ4v) is 3.80. The molecule has 4 aromatic rings. The highest BCUT2D eigenvalue weighted by Crippen LogP contribution is 2.38. The Labute approximate surface area is 220 Å². The first-order chi connectivity index (χ1) is 18.5. The Morgan fingerprint density at radius 1 is 0.842 bits per heavy atom. The van der Waals surface area contributed by atoms with Gasteiger partial charge in [-0.2, -0.15) is 5.10 Å². The zero-order valence-electron chi connectivity index (χ0n) is 21.2. The molecule has 0 spiro atoms. The standard InChI is InChI=1S/C29H27N3O6/c1-35-25-15-21(16-26(36-2)28(25)37-3)29(34)38-22-11-6-8-19(14-22)17-31-32-27(33)18-30-24-13-7-10-20-9-4-5-12-23(20)24/h4-17,30H,18H2,1-3H3,(H,32,33)/b31-17-. The molecule has 1 amide bonds. The van der Waals surface area contributed by atoms with Crippen LogP contribution in [-0.2, 0) is 4.79 Å². The number of fused-ring (bicyclic) bond motifs is 1. The molecule has 2 N–H and O–H groups in total. The molecule has 9 nitrogen and oxygen atoms in total. The number of ether oxygens (including phenoxy) is 4. The lowest BCUT2D eigenvalue weighted by Gasteiger charge is -2.13. The first-order valence-corrected chi connectivity index (χ1v) is 11.7. The van der Waals surface area contributed by atoms with Gasteiger partial charge in [-0.15, -0.1) is 0 Å². The van der Waals surface area contributed by atoms with Gasteiger partial charge in [-0.25, -0.2) is 10.2 Å². The lowest BCUT2D eigenvalue weighted by atomic mass is 10.1. The highest BCUT2D eigenvalue weighted by Gasteiger charge is 2.18. The van der Waals surface area contributed by atoms with Crippen molar-refractivity contribution in [2.24, 2.45) is 5.10 Å². The van der Waals surface area contributed by atoms with Gasteiger partial charge in [-0.05, 0) is 41.3 Å². The van der Waals surface area contributed by atoms with Crippen molar-refractivity contribution >= 4 is 34.6 Å². The van der Waals surface area contributed by atoms with E-state index in [9.17, 15) is 9.59 Å². The summed E-state index contributed by atoms with van der Waals surface area (Å²) in [6.45, 7) is 0.0534. The number of nitrogens with one attached hydrogen (secondary N) is 2. The summed E-state index contributed by atoms with van der Waals surface area (Å²) >= 11 is 0. The second kappa shape index (κ2) is 12.3. The van der Waals surface area contributed by atoms with E-state index in [1.54, 1.807) is 24.3 Å². The third-order valence-electron chi connectivity index (χ3n) is 5.60. The van der Waals surface area contributed by atoms with Crippen molar-refractivity contribution in [2.75, 3.05) is 33.2 Å². The molecule has 0 aliphatic heterocycles. The number of hydrogen-bond donors (Lipinski definition) is 2. The van der Waals surface area contributed by atoms with Crippen molar-refractivity contribution in [3.8, 4) is 23.0 Å². The number of carbonyl (C=O) groups excluding carboxylic acids is 2. The molecule has 0 radical (unpaired) electrons. The van der Waals surface area contributed by atoms with Gasteiger partial charge < -0.3 is 24.3 Å². The van der Waals surface area contributed by atoms with E-state index in [0.717, 1.165) is 16.5 Å². The van der Waals surface area contributed by atoms with E-state index in [0.29, 0.717) is 28.6 Å². The molecule has 0 saturated heterocycles. The number of benzene rings is 4. The van der Waals surface area contributed by atoms with Crippen LogP contribution in [0.15, 0.2) is 84.0 Å². The van der Waals surface area contributed by atoms with Crippen LogP contribution in [0, 0.1) is 0 Å². The van der Waals surface area contributed by atoms with Crippen molar-refractivity contribution in [3.05, 3.63) is 90.0 Å². The van der Waals surface area contributed by atoms with Gasteiger partial charge in [0.05, 0.1) is 39.7 Å². The molecule has 0 atom stereocenters. The summed E-state index contributed by atoms with van der Waals surface area (Å²) in [4.78, 5) is 25.0. The second-order valence-corrected chi connectivity index (χ2v) is 8.05. The number of methoxy groups -OCH3 is 3. The summed E-state index contributed by atoms with van der Waals surface area (Å²) in [5, 5.41) is 9.26. The van der Waals surface area contributed by atoms with Crippen molar-refractivity contribution in [3.63, 3.8) is 0 Å². The minimum atomic E-state index is -0.605. The number of esters is 1. The van der Waals surface area contributed by atoms with Crippen LogP contribution in [0.2, 0.25) is 0 Å². The first kappa shape index (κ1) is 26.0. The Balaban J connectivity index is 1.36. The Morgan fingerprint density at radius 3 is 2.29 bits per heavy atom. The molecule has 0 unspecified atom stereocenters. The minimum absolute atomic E-state index is 0.0534. The summed E-state index contributed by atoms with van der Waals surface area (Å²) in [5.41, 5.74) is 4.21. The molecular formula is C29H27N3O6. The van der Waals surface area contributed by atoms with E-state index in [-0.39, 0.29) is 18.0 Å². The van der Waals surface area contributed by atoms with Crippen molar-refractivity contribution in [1.82, 2.24) is 5.43 Å². The third kappa shape index (κ3) is 6.19. The van der Waals surface area contributed by atoms with E-state index in [2.05, 4.69) is 15.8 Å². The number of amides is 1. The van der Waals surface area contributed by atoms with Gasteiger partial charge in [0.2, 0.25) is 5.75 Å². The molecule has 0 heterocycles. The summed E-state index contributed by atoms with van der Waals surface area (Å²) < 4.78 is 21.4. The zero-order chi connectivity index (χ0) is 26.9. The van der Waals surface area contributed by atoms with Crippen molar-refractivity contribution in [2.45, 2.75) is 0 Å². The van der Waals surface area contributed by atoms with Gasteiger partial charge in [0.1, 0.15) is 5.75 Å². The number of nitrogens with zero attached hydrogens (tertiary/aromatic N) is 1. The molecule has 4 rings (SSSR count). The van der Waals surface area contributed by atoms with Crippen LogP contribution in [0.25, 0.3) is 10.8 Å². The maximum atomic E-state index is 12.8. The quantitative estimate of drug-likeness (QED) is 0.138. The molecule has 0 saturated carbocycles. The van der Waals surface area contributed by atoms with Gasteiger partial charge in [-0.3, -0.25) is 4.79 Å². The van der Waals surface area contributed by atoms with Gasteiger partial charge in [0.25, 0.3) is 5.91 Å². The lowest BCUT2D eigenvalue weighted by Crippen LogP contribution is -2.25. The van der Waals surface area contributed by atoms with E-state index >= 15 is 0 Å². The number of carbonyl (C=O) groups is 2. The van der Waals surface area contributed by atoms with Crippen LogP contribution in [0.5, 0.6) is 23.0 Å². The fourth-order valence-electron chi connectivity index (χ4n) is 3.80. The molecule has 9 heteroatoms. The van der Waals surface area contributed by atoms with Crippen LogP contribution >= 0.6 is 0 Å².